The molecule has 0 bridgehead atoms. The average molecular weight is 266 g/mol. The second-order valence-electron chi connectivity index (χ2n) is 5.16. The molecule has 0 saturated heterocycles. The van der Waals surface area contributed by atoms with E-state index in [4.69, 9.17) is 5.73 Å². The van der Waals surface area contributed by atoms with E-state index < -0.39 is 18.6 Å². The minimum absolute atomic E-state index is 0.152. The number of nitrogens with zero attached hydrogens (tertiary/aromatic N) is 1. The molecule has 0 radical (unpaired) electrons. The first kappa shape index (κ1) is 15.3. The van der Waals surface area contributed by atoms with Crippen LogP contribution in [0.5, 0.6) is 0 Å². The van der Waals surface area contributed by atoms with Crippen molar-refractivity contribution < 1.29 is 18.0 Å². The molecule has 1 aliphatic carbocycles. The van der Waals surface area contributed by atoms with Crippen molar-refractivity contribution in [1.82, 2.24) is 4.90 Å². The molecule has 3 nitrogen and oxygen atoms in total. The monoisotopic (exact) mass is 266 g/mol. The van der Waals surface area contributed by atoms with Crippen molar-refractivity contribution in [2.45, 2.75) is 45.2 Å². The highest BCUT2D eigenvalue weighted by atomic mass is 19.4. The van der Waals surface area contributed by atoms with Crippen LogP contribution in [0.4, 0.5) is 13.2 Å². The number of rotatable bonds is 6. The van der Waals surface area contributed by atoms with Crippen molar-refractivity contribution in [3.05, 3.63) is 0 Å². The highest BCUT2D eigenvalue weighted by molar-refractivity contribution is 5.77. The zero-order chi connectivity index (χ0) is 13.8. The summed E-state index contributed by atoms with van der Waals surface area (Å²) in [5.74, 6) is -0.417. The number of alkyl halides is 3. The lowest BCUT2D eigenvalue weighted by atomic mass is 9.66. The Hall–Kier alpha value is -0.780. The zero-order valence-electron chi connectivity index (χ0n) is 10.7. The van der Waals surface area contributed by atoms with Gasteiger partial charge in [0.1, 0.15) is 6.54 Å². The van der Waals surface area contributed by atoms with Crippen LogP contribution in [-0.2, 0) is 4.79 Å². The summed E-state index contributed by atoms with van der Waals surface area (Å²) in [4.78, 5) is 12.9. The summed E-state index contributed by atoms with van der Waals surface area (Å²) in [6.07, 6.45) is -0.947. The molecule has 0 spiro atoms. The first-order chi connectivity index (χ1) is 8.32. The summed E-state index contributed by atoms with van der Waals surface area (Å²) in [7, 11) is 0. The van der Waals surface area contributed by atoms with Gasteiger partial charge in [0.15, 0.2) is 0 Å². The Morgan fingerprint density at radius 2 is 2.00 bits per heavy atom. The van der Waals surface area contributed by atoms with Gasteiger partial charge in [-0.3, -0.25) is 4.79 Å². The zero-order valence-corrected chi connectivity index (χ0v) is 10.7. The Kier molecular flexibility index (Phi) is 5.01. The van der Waals surface area contributed by atoms with Crippen molar-refractivity contribution in [1.29, 1.82) is 0 Å². The molecule has 1 fully saturated rings. The highest BCUT2D eigenvalue weighted by Gasteiger charge is 2.40. The quantitative estimate of drug-likeness (QED) is 0.802. The molecule has 2 N–H and O–H groups in total. The maximum absolute atomic E-state index is 12.4. The van der Waals surface area contributed by atoms with Crippen LogP contribution in [0.2, 0.25) is 0 Å². The first-order valence-electron chi connectivity index (χ1n) is 6.36. The van der Waals surface area contributed by atoms with E-state index in [9.17, 15) is 18.0 Å². The second kappa shape index (κ2) is 5.91. The minimum atomic E-state index is -4.33. The van der Waals surface area contributed by atoms with Gasteiger partial charge in [-0.1, -0.05) is 13.3 Å². The summed E-state index contributed by atoms with van der Waals surface area (Å²) < 4.78 is 37.1. The van der Waals surface area contributed by atoms with Gasteiger partial charge in [0.05, 0.1) is 0 Å². The number of amides is 1. The molecular weight excluding hydrogens is 245 g/mol. The molecule has 1 aliphatic rings. The van der Waals surface area contributed by atoms with E-state index >= 15 is 0 Å². The van der Waals surface area contributed by atoms with Crippen molar-refractivity contribution >= 4 is 5.91 Å². The number of carbonyl (C=O) groups is 1. The Morgan fingerprint density at radius 3 is 2.33 bits per heavy atom. The molecule has 1 saturated carbocycles. The van der Waals surface area contributed by atoms with Gasteiger partial charge >= 0.3 is 6.18 Å². The third-order valence-electron chi connectivity index (χ3n) is 3.59. The fraction of sp³-hybridized carbons (Fsp3) is 0.917. The highest BCUT2D eigenvalue weighted by Crippen LogP contribution is 2.43. The van der Waals surface area contributed by atoms with E-state index in [1.54, 1.807) is 6.92 Å². The number of carbonyl (C=O) groups excluding carboxylic acids is 1. The normalized spacial score (nSPS) is 18.3. The van der Waals surface area contributed by atoms with Crippen LogP contribution >= 0.6 is 0 Å². The van der Waals surface area contributed by atoms with Gasteiger partial charge in [-0.05, 0) is 31.2 Å². The fourth-order valence-electron chi connectivity index (χ4n) is 2.34. The predicted octanol–water partition coefficient (Wildman–Crippen LogP) is 2.31. The Labute approximate surface area is 106 Å². The number of nitrogens with two attached hydrogens (primary N) is 1. The molecule has 0 atom stereocenters. The van der Waals surface area contributed by atoms with Gasteiger partial charge in [-0.15, -0.1) is 0 Å². The van der Waals surface area contributed by atoms with Crippen molar-refractivity contribution in [2.75, 3.05) is 19.6 Å². The van der Waals surface area contributed by atoms with Gasteiger partial charge in [-0.2, -0.15) is 13.2 Å². The summed E-state index contributed by atoms with van der Waals surface area (Å²) in [5.41, 5.74) is 5.38. The molecular formula is C12H21F3N2O. The lowest BCUT2D eigenvalue weighted by molar-refractivity contribution is -0.163. The van der Waals surface area contributed by atoms with Crippen LogP contribution in [0.25, 0.3) is 0 Å². The standard InChI is InChI=1S/C12H21F3N2O/c1-2-6-17(9-12(13,14)15)10(18)7-11(8-16)4-3-5-11/h2-9,16H2,1H3. The van der Waals surface area contributed by atoms with E-state index in [0.717, 1.165) is 24.2 Å². The predicted molar refractivity (Wildman–Crippen MR) is 62.9 cm³/mol. The third-order valence-corrected chi connectivity index (χ3v) is 3.59. The topological polar surface area (TPSA) is 46.3 Å². The largest absolute Gasteiger partial charge is 0.406 e. The van der Waals surface area contributed by atoms with E-state index in [1.165, 1.54) is 0 Å². The second-order valence-corrected chi connectivity index (χ2v) is 5.16. The molecule has 1 rings (SSSR count). The smallest absolute Gasteiger partial charge is 0.334 e. The van der Waals surface area contributed by atoms with Gasteiger partial charge < -0.3 is 10.6 Å². The Bertz CT molecular complexity index is 282. The lowest BCUT2D eigenvalue weighted by Gasteiger charge is -2.41. The van der Waals surface area contributed by atoms with Crippen LogP contribution in [0.3, 0.4) is 0 Å². The van der Waals surface area contributed by atoms with Crippen LogP contribution in [0.1, 0.15) is 39.0 Å². The molecule has 0 aromatic heterocycles. The average Bonchev–Trinajstić information content (AvgIpc) is 2.20. The minimum Gasteiger partial charge on any atom is -0.334 e. The number of hydrogen-bond donors (Lipinski definition) is 1. The summed E-state index contributed by atoms with van der Waals surface area (Å²) >= 11 is 0. The Balaban J connectivity index is 2.59. The van der Waals surface area contributed by atoms with Crippen LogP contribution in [-0.4, -0.2) is 36.6 Å². The van der Waals surface area contributed by atoms with E-state index in [-0.39, 0.29) is 18.4 Å². The summed E-state index contributed by atoms with van der Waals surface area (Å²) in [6.45, 7) is 1.14. The van der Waals surface area contributed by atoms with Crippen molar-refractivity contribution in [3.63, 3.8) is 0 Å². The van der Waals surface area contributed by atoms with Crippen molar-refractivity contribution in [2.24, 2.45) is 11.1 Å². The third kappa shape index (κ3) is 4.15. The van der Waals surface area contributed by atoms with Crippen LogP contribution < -0.4 is 5.73 Å². The van der Waals surface area contributed by atoms with Gasteiger partial charge in [0.2, 0.25) is 5.91 Å². The number of halogens is 3. The first-order valence-corrected chi connectivity index (χ1v) is 6.36. The molecule has 0 aromatic rings. The maximum Gasteiger partial charge on any atom is 0.406 e. The van der Waals surface area contributed by atoms with E-state index in [2.05, 4.69) is 0 Å². The van der Waals surface area contributed by atoms with Crippen LogP contribution in [0.15, 0.2) is 0 Å². The molecule has 0 heterocycles. The molecule has 6 heteroatoms. The summed E-state index contributed by atoms with van der Waals surface area (Å²) in [5, 5.41) is 0. The molecule has 106 valence electrons. The summed E-state index contributed by atoms with van der Waals surface area (Å²) in [6, 6.07) is 0. The van der Waals surface area contributed by atoms with E-state index in [1.807, 2.05) is 0 Å². The SMILES string of the molecule is CCCN(CC(F)(F)F)C(=O)CC1(CN)CCC1. The molecule has 0 aromatic carbocycles. The molecule has 0 aliphatic heterocycles. The van der Waals surface area contributed by atoms with Crippen LogP contribution in [0, 0.1) is 5.41 Å². The van der Waals surface area contributed by atoms with Crippen molar-refractivity contribution in [3.8, 4) is 0 Å². The molecule has 18 heavy (non-hydrogen) atoms. The fourth-order valence-corrected chi connectivity index (χ4v) is 2.34. The van der Waals surface area contributed by atoms with E-state index in [0.29, 0.717) is 13.0 Å². The molecule has 1 amide bonds. The lowest BCUT2D eigenvalue weighted by Crippen LogP contribution is -2.45. The van der Waals surface area contributed by atoms with Gasteiger partial charge in [-0.25, -0.2) is 0 Å². The Morgan fingerprint density at radius 1 is 1.39 bits per heavy atom. The van der Waals surface area contributed by atoms with Gasteiger partial charge in [0.25, 0.3) is 0 Å². The maximum atomic E-state index is 12.4. The van der Waals surface area contributed by atoms with Gasteiger partial charge in [0, 0.05) is 13.0 Å². The number of hydrogen-bond acceptors (Lipinski definition) is 2. The molecule has 0 unspecified atom stereocenters.